The molecule has 0 spiro atoms. The quantitative estimate of drug-likeness (QED) is 0.425. The Morgan fingerprint density at radius 1 is 0.957 bits per heavy atom. The van der Waals surface area contributed by atoms with Crippen molar-refractivity contribution in [2.75, 3.05) is 7.11 Å². The van der Waals surface area contributed by atoms with Gasteiger partial charge in [-0.2, -0.15) is 5.26 Å². The molecule has 23 heavy (non-hydrogen) atoms. The summed E-state index contributed by atoms with van der Waals surface area (Å²) in [4.78, 5) is 12.3. The first kappa shape index (κ1) is 13.0. The minimum absolute atomic E-state index is 0.0827. The van der Waals surface area contributed by atoms with Gasteiger partial charge >= 0.3 is 5.97 Å². The highest BCUT2D eigenvalue weighted by Gasteiger charge is 2.73. The van der Waals surface area contributed by atoms with Crippen molar-refractivity contribution in [3.63, 3.8) is 0 Å². The number of esters is 1. The van der Waals surface area contributed by atoms with Crippen LogP contribution in [-0.2, 0) is 9.53 Å². The number of carbonyl (C=O) groups is 1. The van der Waals surface area contributed by atoms with Crippen LogP contribution in [0.3, 0.4) is 0 Å². The van der Waals surface area contributed by atoms with Crippen molar-refractivity contribution in [1.82, 2.24) is 0 Å². The first-order chi connectivity index (χ1) is 11.2. The van der Waals surface area contributed by atoms with E-state index in [0.29, 0.717) is 17.8 Å². The smallest absolute Gasteiger partial charge is 0.310 e. The fourth-order valence-corrected chi connectivity index (χ4v) is 8.90. The Hall–Kier alpha value is -1.30. The summed E-state index contributed by atoms with van der Waals surface area (Å²) < 4.78 is 5.08. The molecule has 0 radical (unpaired) electrons. The van der Waals surface area contributed by atoms with Gasteiger partial charge in [0.1, 0.15) is 0 Å². The van der Waals surface area contributed by atoms with Crippen LogP contribution in [0.5, 0.6) is 0 Å². The molecule has 0 amide bonds. The van der Waals surface area contributed by atoms with E-state index in [-0.39, 0.29) is 17.8 Å². The Balaban J connectivity index is 1.41. The van der Waals surface area contributed by atoms with E-state index in [0.717, 1.165) is 47.8 Å². The van der Waals surface area contributed by atoms with Crippen molar-refractivity contribution < 1.29 is 9.53 Å². The van der Waals surface area contributed by atoms with E-state index in [9.17, 15) is 10.1 Å². The molecule has 0 aromatic heterocycles. The molecule has 3 heteroatoms. The van der Waals surface area contributed by atoms with E-state index in [2.05, 4.69) is 18.2 Å². The van der Waals surface area contributed by atoms with Gasteiger partial charge in [0, 0.05) is 0 Å². The summed E-state index contributed by atoms with van der Waals surface area (Å²) in [6.07, 6.45) is 8.87. The molecule has 6 aliphatic rings. The number of ether oxygens (including phenoxy) is 1. The predicted octanol–water partition coefficient (Wildman–Crippen LogP) is 2.89. The summed E-state index contributed by atoms with van der Waals surface area (Å²) in [5, 5.41) is 9.72. The number of nitriles is 1. The lowest BCUT2D eigenvalue weighted by molar-refractivity contribution is -0.151. The van der Waals surface area contributed by atoms with Gasteiger partial charge < -0.3 is 4.74 Å². The van der Waals surface area contributed by atoms with Crippen LogP contribution < -0.4 is 0 Å². The average molecular weight is 309 g/mol. The number of rotatable bonds is 1. The first-order valence-electron chi connectivity index (χ1n) is 9.40. The second kappa shape index (κ2) is 4.02. The van der Waals surface area contributed by atoms with Crippen molar-refractivity contribution in [1.29, 1.82) is 5.26 Å². The topological polar surface area (TPSA) is 50.1 Å². The second-order valence-corrected chi connectivity index (χ2v) is 9.09. The minimum Gasteiger partial charge on any atom is -0.469 e. The molecule has 12 atom stereocenters. The summed E-state index contributed by atoms with van der Waals surface area (Å²) >= 11 is 0. The Labute approximate surface area is 137 Å². The van der Waals surface area contributed by atoms with E-state index in [1.54, 1.807) is 0 Å². The van der Waals surface area contributed by atoms with E-state index in [4.69, 9.17) is 4.74 Å². The Morgan fingerprint density at radius 2 is 1.57 bits per heavy atom. The Bertz CT molecular complexity index is 663. The third-order valence-corrected chi connectivity index (χ3v) is 9.01. The maximum absolute atomic E-state index is 12.3. The molecule has 0 aromatic carbocycles. The zero-order chi connectivity index (χ0) is 15.5. The van der Waals surface area contributed by atoms with Crippen LogP contribution in [0.4, 0.5) is 0 Å². The largest absolute Gasteiger partial charge is 0.469 e. The van der Waals surface area contributed by atoms with E-state index in [1.807, 2.05) is 0 Å². The van der Waals surface area contributed by atoms with Gasteiger partial charge in [-0.15, -0.1) is 0 Å². The molecule has 5 fully saturated rings. The molecule has 0 saturated heterocycles. The lowest BCUT2D eigenvalue weighted by Gasteiger charge is -2.46. The molecule has 3 nitrogen and oxygen atoms in total. The van der Waals surface area contributed by atoms with Gasteiger partial charge in [0.2, 0.25) is 0 Å². The number of carbonyl (C=O) groups excluding carboxylic acids is 1. The highest BCUT2D eigenvalue weighted by Crippen LogP contribution is 2.77. The minimum atomic E-state index is -0.136. The second-order valence-electron chi connectivity index (χ2n) is 9.09. The van der Waals surface area contributed by atoms with Crippen molar-refractivity contribution >= 4 is 5.97 Å². The summed E-state index contributed by atoms with van der Waals surface area (Å²) in [6.45, 7) is 0. The number of methoxy groups -OCH3 is 1. The molecule has 6 rings (SSSR count). The molecule has 0 aromatic rings. The zero-order valence-electron chi connectivity index (χ0n) is 13.5. The zero-order valence-corrected chi connectivity index (χ0v) is 13.5. The molecule has 5 saturated carbocycles. The summed E-state index contributed by atoms with van der Waals surface area (Å²) in [7, 11) is 1.48. The van der Waals surface area contributed by atoms with E-state index in [1.165, 1.54) is 20.0 Å². The number of hydrogen-bond acceptors (Lipinski definition) is 3. The molecule has 0 N–H and O–H groups in total. The van der Waals surface area contributed by atoms with Crippen molar-refractivity contribution in [3.05, 3.63) is 12.2 Å². The maximum atomic E-state index is 12.3. The Morgan fingerprint density at radius 3 is 2.17 bits per heavy atom. The lowest BCUT2D eigenvalue weighted by Crippen LogP contribution is -2.46. The summed E-state index contributed by atoms with van der Waals surface area (Å²) in [5.41, 5.74) is 0. The monoisotopic (exact) mass is 309 g/mol. The van der Waals surface area contributed by atoms with Crippen LogP contribution in [0.15, 0.2) is 12.2 Å². The number of fused-ring (bicyclic) bond motifs is 16. The molecule has 0 aliphatic heterocycles. The average Bonchev–Trinajstić information content (AvgIpc) is 3.37. The summed E-state index contributed by atoms with van der Waals surface area (Å²) in [5.74, 6) is 7.16. The highest BCUT2D eigenvalue weighted by atomic mass is 16.5. The molecular weight excluding hydrogens is 286 g/mol. The number of hydrogen-bond donors (Lipinski definition) is 0. The number of nitrogens with zero attached hydrogens (tertiary/aromatic N) is 1. The fraction of sp³-hybridized carbons (Fsp3) is 0.800. The summed E-state index contributed by atoms with van der Waals surface area (Å²) in [6, 6.07) is 2.51. The van der Waals surface area contributed by atoms with Crippen molar-refractivity contribution in [2.24, 2.45) is 71.0 Å². The standard InChI is InChI=1S/C20H23NO2/c1-23-20(22)19-13-5-10(14(19)7-21)17-11-6-12(18(13)17)16-9-3-2-8(4-9)15(11)16/h2-3,8-19H,4-6H2,1H3. The van der Waals surface area contributed by atoms with Gasteiger partial charge in [-0.1, -0.05) is 12.2 Å². The van der Waals surface area contributed by atoms with Gasteiger partial charge in [0.05, 0.1) is 25.0 Å². The normalized spacial score (nSPS) is 62.4. The third-order valence-electron chi connectivity index (χ3n) is 9.01. The first-order valence-corrected chi connectivity index (χ1v) is 9.40. The van der Waals surface area contributed by atoms with Gasteiger partial charge in [-0.25, -0.2) is 0 Å². The van der Waals surface area contributed by atoms with Crippen LogP contribution in [0.25, 0.3) is 0 Å². The molecule has 0 heterocycles. The molecule has 6 bridgehead atoms. The van der Waals surface area contributed by atoms with Gasteiger partial charge in [0.15, 0.2) is 0 Å². The molecule has 6 aliphatic carbocycles. The van der Waals surface area contributed by atoms with E-state index >= 15 is 0 Å². The third kappa shape index (κ3) is 1.26. The molecule has 120 valence electrons. The van der Waals surface area contributed by atoms with Gasteiger partial charge in [-0.05, 0) is 78.4 Å². The van der Waals surface area contributed by atoms with Crippen LogP contribution >= 0.6 is 0 Å². The highest BCUT2D eigenvalue weighted by molar-refractivity contribution is 5.74. The number of allylic oxidation sites excluding steroid dienone is 2. The lowest BCUT2D eigenvalue weighted by atomic mass is 9.57. The van der Waals surface area contributed by atoms with Gasteiger partial charge in [0.25, 0.3) is 0 Å². The SMILES string of the molecule is COC(=O)C1C(C#N)C2CC1C1C3CC(C4C5C=CC(C5)C34)C21. The predicted molar refractivity (Wildman–Crippen MR) is 82.5 cm³/mol. The van der Waals surface area contributed by atoms with Gasteiger partial charge in [-0.3, -0.25) is 4.79 Å². The van der Waals surface area contributed by atoms with Crippen LogP contribution in [0, 0.1) is 82.3 Å². The maximum Gasteiger partial charge on any atom is 0.310 e. The van der Waals surface area contributed by atoms with Crippen LogP contribution in [0.1, 0.15) is 19.3 Å². The van der Waals surface area contributed by atoms with Crippen molar-refractivity contribution in [3.8, 4) is 6.07 Å². The van der Waals surface area contributed by atoms with Crippen LogP contribution in [0.2, 0.25) is 0 Å². The Kier molecular flexibility index (Phi) is 2.28. The molecular formula is C20H23NO2. The van der Waals surface area contributed by atoms with Crippen LogP contribution in [-0.4, -0.2) is 13.1 Å². The van der Waals surface area contributed by atoms with E-state index < -0.39 is 0 Å². The fourth-order valence-electron chi connectivity index (χ4n) is 8.90. The van der Waals surface area contributed by atoms with Crippen molar-refractivity contribution in [2.45, 2.75) is 19.3 Å². The molecule has 12 unspecified atom stereocenters.